The van der Waals surface area contributed by atoms with Gasteiger partial charge in [0, 0.05) is 24.3 Å². The molecule has 0 bridgehead atoms. The van der Waals surface area contributed by atoms with Gasteiger partial charge in [-0.25, -0.2) is 4.79 Å². The summed E-state index contributed by atoms with van der Waals surface area (Å²) in [6.07, 6.45) is 7.34. The summed E-state index contributed by atoms with van der Waals surface area (Å²) in [5.41, 5.74) is 4.57. The van der Waals surface area contributed by atoms with Crippen molar-refractivity contribution in [3.63, 3.8) is 0 Å². The zero-order chi connectivity index (χ0) is 22.3. The molecule has 0 spiro atoms. The first-order valence-corrected chi connectivity index (χ1v) is 11.6. The van der Waals surface area contributed by atoms with Gasteiger partial charge in [-0.1, -0.05) is 30.3 Å². The van der Waals surface area contributed by atoms with E-state index in [9.17, 15) is 4.79 Å². The van der Waals surface area contributed by atoms with Gasteiger partial charge < -0.3 is 19.3 Å². The van der Waals surface area contributed by atoms with E-state index in [1.54, 1.807) is 6.26 Å². The van der Waals surface area contributed by atoms with Crippen molar-refractivity contribution in [3.8, 4) is 11.5 Å². The fourth-order valence-corrected chi connectivity index (χ4v) is 4.99. The molecule has 4 rings (SSSR count). The molecule has 2 aromatic carbocycles. The van der Waals surface area contributed by atoms with Crippen LogP contribution in [0, 0.1) is 0 Å². The molecule has 0 fully saturated rings. The summed E-state index contributed by atoms with van der Waals surface area (Å²) in [4.78, 5) is 11.1. The lowest BCUT2D eigenvalue weighted by molar-refractivity contribution is -0.148. The Morgan fingerprint density at radius 3 is 2.75 bits per heavy atom. The Hall–Kier alpha value is -2.96. The summed E-state index contributed by atoms with van der Waals surface area (Å²) in [5.74, 6) is 0.717. The number of hydrogen-bond donors (Lipinski definition) is 1. The molecule has 0 aliphatic carbocycles. The Balaban J connectivity index is 1.32. The molecule has 6 heteroatoms. The molecule has 166 valence electrons. The van der Waals surface area contributed by atoms with Crippen LogP contribution in [0.15, 0.2) is 77.9 Å². The molecule has 2 aromatic rings. The summed E-state index contributed by atoms with van der Waals surface area (Å²) in [6, 6.07) is 15.7. The van der Waals surface area contributed by atoms with Crippen LogP contribution in [0.4, 0.5) is 0 Å². The van der Waals surface area contributed by atoms with Crippen molar-refractivity contribution in [2.45, 2.75) is 30.6 Å². The third-order valence-corrected chi connectivity index (χ3v) is 6.62. The Morgan fingerprint density at radius 1 is 1.16 bits per heavy atom. The Kier molecular flexibility index (Phi) is 7.35. The Morgan fingerprint density at radius 2 is 1.97 bits per heavy atom. The van der Waals surface area contributed by atoms with E-state index in [0.29, 0.717) is 18.3 Å². The molecule has 2 heterocycles. The number of carbonyl (C=O) groups is 1. The Bertz CT molecular complexity index is 1040. The topological polar surface area (TPSA) is 65.0 Å². The van der Waals surface area contributed by atoms with E-state index in [4.69, 9.17) is 19.3 Å². The number of ether oxygens (including phenoxy) is 3. The number of para-hydroxylation sites is 1. The van der Waals surface area contributed by atoms with E-state index >= 15 is 0 Å². The maximum absolute atomic E-state index is 11.1. The van der Waals surface area contributed by atoms with Crippen LogP contribution >= 0.6 is 11.8 Å². The predicted molar refractivity (Wildman–Crippen MR) is 127 cm³/mol. The van der Waals surface area contributed by atoms with Gasteiger partial charge in [0.1, 0.15) is 11.5 Å². The number of rotatable bonds is 9. The van der Waals surface area contributed by atoms with Gasteiger partial charge in [0.2, 0.25) is 0 Å². The number of allylic oxidation sites excluding steroid dienone is 3. The molecule has 0 aromatic heterocycles. The van der Waals surface area contributed by atoms with Crippen molar-refractivity contribution in [3.05, 3.63) is 89.1 Å². The van der Waals surface area contributed by atoms with Crippen LogP contribution in [-0.2, 0) is 16.0 Å². The summed E-state index contributed by atoms with van der Waals surface area (Å²) in [7, 11) is 1.41. The molecular formula is C26H26O5S. The lowest BCUT2D eigenvalue weighted by Crippen LogP contribution is -2.24. The van der Waals surface area contributed by atoms with Crippen molar-refractivity contribution < 1.29 is 24.1 Å². The standard InChI is InChI=1S/C26H26O5S/c1-29-23(26(27)28)17-18-8-10-20(11-9-18)30-14-4-7-24-25-19(13-16-32-24)12-15-31-22-6-3-2-5-21(22)25/h2-3,5-6,8-13,15-16,23-24H,4,7,14,17H2,1H3,(H,27,28). The molecule has 2 aliphatic heterocycles. The predicted octanol–water partition coefficient (Wildman–Crippen LogP) is 5.48. The maximum Gasteiger partial charge on any atom is 0.333 e. The quantitative estimate of drug-likeness (QED) is 0.511. The van der Waals surface area contributed by atoms with Gasteiger partial charge in [-0.05, 0) is 65.3 Å². The molecule has 2 unspecified atom stereocenters. The normalized spacial score (nSPS) is 17.7. The van der Waals surface area contributed by atoms with E-state index in [1.807, 2.05) is 54.2 Å². The second-order valence-electron chi connectivity index (χ2n) is 7.61. The SMILES string of the molecule is COC(Cc1ccc(OCCCC2SC=CC3=C2c2ccccc2OC=C3)cc1)C(=O)O. The minimum Gasteiger partial charge on any atom is -0.494 e. The zero-order valence-electron chi connectivity index (χ0n) is 17.9. The fourth-order valence-electron chi connectivity index (χ4n) is 3.88. The summed E-state index contributed by atoms with van der Waals surface area (Å²) >= 11 is 1.84. The molecule has 0 saturated carbocycles. The first kappa shape index (κ1) is 22.2. The van der Waals surface area contributed by atoms with Gasteiger partial charge in [0.25, 0.3) is 0 Å². The highest BCUT2D eigenvalue weighted by molar-refractivity contribution is 8.03. The smallest absolute Gasteiger partial charge is 0.333 e. The fraction of sp³-hybridized carbons (Fsp3) is 0.269. The minimum absolute atomic E-state index is 0.329. The van der Waals surface area contributed by atoms with Crippen LogP contribution < -0.4 is 9.47 Å². The number of fused-ring (bicyclic) bond motifs is 2. The number of aliphatic carboxylic acids is 1. The van der Waals surface area contributed by atoms with Gasteiger partial charge in [-0.2, -0.15) is 0 Å². The molecule has 2 aliphatic rings. The summed E-state index contributed by atoms with van der Waals surface area (Å²) in [6.45, 7) is 0.618. The zero-order valence-corrected chi connectivity index (χ0v) is 18.7. The minimum atomic E-state index is -0.958. The maximum atomic E-state index is 11.1. The highest BCUT2D eigenvalue weighted by Gasteiger charge is 2.25. The monoisotopic (exact) mass is 450 g/mol. The molecule has 0 radical (unpaired) electrons. The van der Waals surface area contributed by atoms with E-state index in [0.717, 1.165) is 35.5 Å². The van der Waals surface area contributed by atoms with Crippen LogP contribution in [0.1, 0.15) is 24.0 Å². The van der Waals surface area contributed by atoms with Gasteiger partial charge in [0.05, 0.1) is 12.9 Å². The average Bonchev–Trinajstić information content (AvgIpc) is 3.01. The van der Waals surface area contributed by atoms with Gasteiger partial charge in [0.15, 0.2) is 6.10 Å². The van der Waals surface area contributed by atoms with Crippen LogP contribution in [0.3, 0.4) is 0 Å². The van der Waals surface area contributed by atoms with Crippen molar-refractivity contribution in [2.24, 2.45) is 0 Å². The van der Waals surface area contributed by atoms with E-state index in [-0.39, 0.29) is 0 Å². The summed E-state index contributed by atoms with van der Waals surface area (Å²) < 4.78 is 16.7. The Labute approximate surface area is 192 Å². The molecule has 0 amide bonds. The van der Waals surface area contributed by atoms with E-state index in [1.165, 1.54) is 18.3 Å². The highest BCUT2D eigenvalue weighted by atomic mass is 32.2. The van der Waals surface area contributed by atoms with E-state index < -0.39 is 12.1 Å². The van der Waals surface area contributed by atoms with Crippen LogP contribution in [-0.4, -0.2) is 36.1 Å². The summed E-state index contributed by atoms with van der Waals surface area (Å²) in [5, 5.41) is 11.6. The number of carboxylic acids is 1. The van der Waals surface area contributed by atoms with Gasteiger partial charge >= 0.3 is 5.97 Å². The van der Waals surface area contributed by atoms with Crippen molar-refractivity contribution in [1.29, 1.82) is 0 Å². The third kappa shape index (κ3) is 5.26. The first-order chi connectivity index (χ1) is 15.7. The average molecular weight is 451 g/mol. The molecular weight excluding hydrogens is 424 g/mol. The van der Waals surface area contributed by atoms with Gasteiger partial charge in [-0.3, -0.25) is 0 Å². The lowest BCUT2D eigenvalue weighted by Gasteiger charge is -2.24. The first-order valence-electron chi connectivity index (χ1n) is 10.6. The van der Waals surface area contributed by atoms with Crippen LogP contribution in [0.5, 0.6) is 11.5 Å². The largest absolute Gasteiger partial charge is 0.494 e. The molecule has 0 saturated heterocycles. The van der Waals surface area contributed by atoms with Crippen LogP contribution in [0.25, 0.3) is 5.57 Å². The molecule has 5 nitrogen and oxygen atoms in total. The molecule has 32 heavy (non-hydrogen) atoms. The second-order valence-corrected chi connectivity index (χ2v) is 8.73. The van der Waals surface area contributed by atoms with Crippen LogP contribution in [0.2, 0.25) is 0 Å². The lowest BCUT2D eigenvalue weighted by atomic mass is 9.93. The number of carboxylic acid groups (broad SMARTS) is 1. The second kappa shape index (κ2) is 10.6. The van der Waals surface area contributed by atoms with Gasteiger partial charge in [-0.15, -0.1) is 11.8 Å². The third-order valence-electron chi connectivity index (χ3n) is 5.53. The number of methoxy groups -OCH3 is 1. The van der Waals surface area contributed by atoms with Crippen molar-refractivity contribution >= 4 is 23.3 Å². The van der Waals surface area contributed by atoms with Crippen molar-refractivity contribution in [1.82, 2.24) is 0 Å². The number of benzene rings is 2. The van der Waals surface area contributed by atoms with Crippen molar-refractivity contribution in [2.75, 3.05) is 13.7 Å². The molecule has 2 atom stereocenters. The highest BCUT2D eigenvalue weighted by Crippen LogP contribution is 2.43. The number of hydrogen-bond acceptors (Lipinski definition) is 5. The van der Waals surface area contributed by atoms with E-state index in [2.05, 4.69) is 23.6 Å². The number of thioether (sulfide) groups is 1. The molecule has 1 N–H and O–H groups in total.